The molecule has 0 aliphatic heterocycles. The molecule has 16 heavy (non-hydrogen) atoms. The number of nitrogens with zero attached hydrogens (tertiary/aromatic N) is 1. The molecule has 0 radical (unpaired) electrons. The van der Waals surface area contributed by atoms with E-state index in [9.17, 15) is 4.79 Å². The summed E-state index contributed by atoms with van der Waals surface area (Å²) in [6, 6.07) is 0.323. The average Bonchev–Trinajstić information content (AvgIpc) is 3.05. The van der Waals surface area contributed by atoms with Crippen LogP contribution in [0.4, 0.5) is 0 Å². The summed E-state index contributed by atoms with van der Waals surface area (Å²) >= 11 is 0. The number of nitrogens with two attached hydrogens (primary N) is 1. The van der Waals surface area contributed by atoms with Crippen LogP contribution in [0.25, 0.3) is 0 Å². The summed E-state index contributed by atoms with van der Waals surface area (Å²) in [6.45, 7) is 7.88. The van der Waals surface area contributed by atoms with Crippen molar-refractivity contribution in [3.63, 3.8) is 0 Å². The van der Waals surface area contributed by atoms with Crippen molar-refractivity contribution >= 4 is 5.91 Å². The van der Waals surface area contributed by atoms with E-state index in [1.165, 1.54) is 12.8 Å². The largest absolute Gasteiger partial charge is 0.340 e. The van der Waals surface area contributed by atoms with Gasteiger partial charge in [-0.3, -0.25) is 4.79 Å². The molecule has 2 N–H and O–H groups in total. The maximum Gasteiger partial charge on any atom is 0.223 e. The Balaban J connectivity index is 2.45. The fourth-order valence-corrected chi connectivity index (χ4v) is 1.94. The van der Waals surface area contributed by atoms with Gasteiger partial charge in [0, 0.05) is 19.0 Å². The molecule has 1 atom stereocenters. The van der Waals surface area contributed by atoms with Gasteiger partial charge in [0.2, 0.25) is 5.91 Å². The van der Waals surface area contributed by atoms with Crippen LogP contribution in [0.3, 0.4) is 0 Å². The Bertz CT molecular complexity index is 220. The highest BCUT2D eigenvalue weighted by molar-refractivity contribution is 5.76. The van der Waals surface area contributed by atoms with Gasteiger partial charge in [0.15, 0.2) is 0 Å². The van der Waals surface area contributed by atoms with Gasteiger partial charge in [-0.05, 0) is 45.1 Å². The first-order valence-electron chi connectivity index (χ1n) is 6.58. The van der Waals surface area contributed by atoms with E-state index in [0.29, 0.717) is 30.8 Å². The fourth-order valence-electron chi connectivity index (χ4n) is 1.94. The van der Waals surface area contributed by atoms with E-state index >= 15 is 0 Å². The highest BCUT2D eigenvalue weighted by Crippen LogP contribution is 2.30. The number of hydrogen-bond acceptors (Lipinski definition) is 2. The van der Waals surface area contributed by atoms with Crippen molar-refractivity contribution in [1.82, 2.24) is 4.90 Å². The normalized spacial score (nSPS) is 17.6. The minimum Gasteiger partial charge on any atom is -0.340 e. The smallest absolute Gasteiger partial charge is 0.223 e. The Morgan fingerprint density at radius 3 is 2.44 bits per heavy atom. The van der Waals surface area contributed by atoms with Crippen molar-refractivity contribution in [2.24, 2.45) is 17.6 Å². The third kappa shape index (κ3) is 4.12. The predicted octanol–water partition coefficient (Wildman–Crippen LogP) is 2.01. The number of carbonyl (C=O) groups excluding carboxylic acids is 1. The second kappa shape index (κ2) is 6.24. The summed E-state index contributed by atoms with van der Waals surface area (Å²) in [5, 5.41) is 0. The zero-order valence-corrected chi connectivity index (χ0v) is 10.9. The van der Waals surface area contributed by atoms with Gasteiger partial charge >= 0.3 is 0 Å². The molecule has 0 heterocycles. The van der Waals surface area contributed by atoms with E-state index in [2.05, 4.69) is 20.8 Å². The summed E-state index contributed by atoms with van der Waals surface area (Å²) in [7, 11) is 0. The molecular weight excluding hydrogens is 200 g/mol. The average molecular weight is 226 g/mol. The van der Waals surface area contributed by atoms with Gasteiger partial charge in [-0.2, -0.15) is 0 Å². The van der Waals surface area contributed by atoms with Crippen molar-refractivity contribution in [1.29, 1.82) is 0 Å². The zero-order valence-electron chi connectivity index (χ0n) is 10.9. The number of carbonyl (C=O) groups is 1. The third-order valence-corrected chi connectivity index (χ3v) is 3.47. The van der Waals surface area contributed by atoms with Crippen LogP contribution >= 0.6 is 0 Å². The Labute approximate surface area is 99.4 Å². The molecule has 0 saturated heterocycles. The molecular formula is C13H26N2O. The molecule has 0 aromatic carbocycles. The SMILES string of the molecule is CCC(CN)CC(=O)N(CC1CC1)C(C)C. The van der Waals surface area contributed by atoms with E-state index in [-0.39, 0.29) is 0 Å². The van der Waals surface area contributed by atoms with Gasteiger partial charge in [0.25, 0.3) is 0 Å². The van der Waals surface area contributed by atoms with Crippen LogP contribution < -0.4 is 5.73 Å². The van der Waals surface area contributed by atoms with Gasteiger partial charge in [0.05, 0.1) is 0 Å². The maximum absolute atomic E-state index is 12.1. The summed E-state index contributed by atoms with van der Waals surface area (Å²) in [5.74, 6) is 1.41. The van der Waals surface area contributed by atoms with Crippen molar-refractivity contribution in [2.75, 3.05) is 13.1 Å². The first-order valence-corrected chi connectivity index (χ1v) is 6.58. The molecule has 0 bridgehead atoms. The predicted molar refractivity (Wildman–Crippen MR) is 67.0 cm³/mol. The van der Waals surface area contributed by atoms with Gasteiger partial charge < -0.3 is 10.6 Å². The second-order valence-electron chi connectivity index (χ2n) is 5.30. The van der Waals surface area contributed by atoms with Crippen molar-refractivity contribution in [3.8, 4) is 0 Å². The third-order valence-electron chi connectivity index (χ3n) is 3.47. The van der Waals surface area contributed by atoms with Crippen LogP contribution in [-0.4, -0.2) is 29.9 Å². The molecule has 0 aromatic rings. The van der Waals surface area contributed by atoms with Gasteiger partial charge in [-0.15, -0.1) is 0 Å². The van der Waals surface area contributed by atoms with Gasteiger partial charge in [0.1, 0.15) is 0 Å². The minimum atomic E-state index is 0.291. The lowest BCUT2D eigenvalue weighted by Crippen LogP contribution is -2.39. The van der Waals surface area contributed by atoms with E-state index in [1.54, 1.807) is 0 Å². The zero-order chi connectivity index (χ0) is 12.1. The van der Waals surface area contributed by atoms with E-state index < -0.39 is 0 Å². The molecule has 1 unspecified atom stereocenters. The lowest BCUT2D eigenvalue weighted by atomic mass is 10.0. The Morgan fingerprint density at radius 1 is 1.44 bits per heavy atom. The molecule has 1 rings (SSSR count). The van der Waals surface area contributed by atoms with Crippen LogP contribution in [0.1, 0.15) is 46.5 Å². The monoisotopic (exact) mass is 226 g/mol. The van der Waals surface area contributed by atoms with E-state index in [1.807, 2.05) is 4.90 Å². The summed E-state index contributed by atoms with van der Waals surface area (Å²) in [6.07, 6.45) is 4.21. The highest BCUT2D eigenvalue weighted by Gasteiger charge is 2.28. The molecule has 1 fully saturated rings. The topological polar surface area (TPSA) is 46.3 Å². The Hall–Kier alpha value is -0.570. The molecule has 94 valence electrons. The molecule has 1 saturated carbocycles. The van der Waals surface area contributed by atoms with E-state index in [4.69, 9.17) is 5.73 Å². The maximum atomic E-state index is 12.1. The first-order chi connectivity index (χ1) is 7.58. The summed E-state index contributed by atoms with van der Waals surface area (Å²) in [4.78, 5) is 14.2. The van der Waals surface area contributed by atoms with Crippen LogP contribution in [-0.2, 0) is 4.79 Å². The lowest BCUT2D eigenvalue weighted by Gasteiger charge is -2.28. The summed E-state index contributed by atoms with van der Waals surface area (Å²) < 4.78 is 0. The molecule has 0 aromatic heterocycles. The number of hydrogen-bond donors (Lipinski definition) is 1. The lowest BCUT2D eigenvalue weighted by molar-refractivity contribution is -0.134. The van der Waals surface area contributed by atoms with Crippen molar-refractivity contribution < 1.29 is 4.79 Å². The molecule has 0 spiro atoms. The molecule has 3 heteroatoms. The van der Waals surface area contributed by atoms with Gasteiger partial charge in [-0.1, -0.05) is 13.3 Å². The molecule has 1 amide bonds. The molecule has 3 nitrogen and oxygen atoms in total. The first kappa shape index (κ1) is 13.5. The second-order valence-corrected chi connectivity index (χ2v) is 5.30. The Kier molecular flexibility index (Phi) is 5.26. The minimum absolute atomic E-state index is 0.291. The molecule has 1 aliphatic rings. The Morgan fingerprint density at radius 2 is 2.06 bits per heavy atom. The summed E-state index contributed by atoms with van der Waals surface area (Å²) in [5.41, 5.74) is 5.65. The van der Waals surface area contributed by atoms with Gasteiger partial charge in [-0.25, -0.2) is 0 Å². The van der Waals surface area contributed by atoms with Crippen molar-refractivity contribution in [2.45, 2.75) is 52.5 Å². The quantitative estimate of drug-likeness (QED) is 0.722. The highest BCUT2D eigenvalue weighted by atomic mass is 16.2. The van der Waals surface area contributed by atoms with Crippen molar-refractivity contribution in [3.05, 3.63) is 0 Å². The standard InChI is InChI=1S/C13H26N2O/c1-4-11(8-14)7-13(16)15(10(2)3)9-12-5-6-12/h10-12H,4-9,14H2,1-3H3. The number of amides is 1. The van der Waals surface area contributed by atoms with Crippen LogP contribution in [0.5, 0.6) is 0 Å². The fraction of sp³-hybridized carbons (Fsp3) is 0.923. The van der Waals surface area contributed by atoms with E-state index in [0.717, 1.165) is 18.9 Å². The van der Waals surface area contributed by atoms with Crippen LogP contribution in [0, 0.1) is 11.8 Å². The van der Waals surface area contributed by atoms with Crippen LogP contribution in [0.2, 0.25) is 0 Å². The molecule has 1 aliphatic carbocycles. The number of rotatable bonds is 7. The van der Waals surface area contributed by atoms with Crippen LogP contribution in [0.15, 0.2) is 0 Å².